The molecule has 2 N–H and O–H groups in total. The Morgan fingerprint density at radius 3 is 2.73 bits per heavy atom. The summed E-state index contributed by atoms with van der Waals surface area (Å²) < 4.78 is 5.75. The highest BCUT2D eigenvalue weighted by Gasteiger charge is 2.50. The van der Waals surface area contributed by atoms with E-state index in [2.05, 4.69) is 60.0 Å². The van der Waals surface area contributed by atoms with Gasteiger partial charge < -0.3 is 20.3 Å². The maximum Gasteiger partial charge on any atom is 0.230 e. The molecular weight excluding hydrogens is 374 g/mol. The predicted octanol–water partition coefficient (Wildman–Crippen LogP) is 3.75. The molecule has 0 radical (unpaired) electrons. The number of hydrogen-bond donors (Lipinski definition) is 2. The lowest BCUT2D eigenvalue weighted by atomic mass is 9.89. The average Bonchev–Trinajstić information content (AvgIpc) is 3.58. The quantitative estimate of drug-likeness (QED) is 0.796. The van der Waals surface area contributed by atoms with Crippen LogP contribution in [0.1, 0.15) is 54.8 Å². The van der Waals surface area contributed by atoms with Gasteiger partial charge in [-0.1, -0.05) is 30.3 Å². The van der Waals surface area contributed by atoms with Gasteiger partial charge in [0.25, 0.3) is 0 Å². The van der Waals surface area contributed by atoms with E-state index in [9.17, 15) is 4.79 Å². The van der Waals surface area contributed by atoms with E-state index < -0.39 is 0 Å². The Hall–Kier alpha value is -2.37. The van der Waals surface area contributed by atoms with Crippen molar-refractivity contribution in [1.29, 1.82) is 0 Å². The number of rotatable bonds is 5. The molecule has 0 bridgehead atoms. The molecule has 5 atom stereocenters. The lowest BCUT2D eigenvalue weighted by molar-refractivity contribution is -0.119. The molecule has 2 heterocycles. The van der Waals surface area contributed by atoms with Gasteiger partial charge in [0.1, 0.15) is 5.75 Å². The first-order valence-electron chi connectivity index (χ1n) is 11.1. The molecule has 1 aliphatic carbocycles. The smallest absolute Gasteiger partial charge is 0.230 e. The Morgan fingerprint density at radius 1 is 1.17 bits per heavy atom. The van der Waals surface area contributed by atoms with Crippen LogP contribution >= 0.6 is 0 Å². The molecule has 2 aliphatic heterocycles. The maximum absolute atomic E-state index is 12.5. The highest BCUT2D eigenvalue weighted by Crippen LogP contribution is 2.56. The summed E-state index contributed by atoms with van der Waals surface area (Å²) in [5.74, 6) is 1.73. The standard InChI is InChI=1S/C25H31N3O2/c1-15-9-10-21(24(27-15)16-7-5-4-6-8-16)26-14-17-11-22-19(13-23(17)30-3)18-12-20(18)25(29)28(22)2/h4-8,11,13,15,18,20-21,24,26-27H,9-10,12,14H2,1-3H3/t15-,18?,20+,21-,24-/m1/s1. The zero-order valence-electron chi connectivity index (χ0n) is 18.0. The van der Waals surface area contributed by atoms with Gasteiger partial charge in [0.15, 0.2) is 0 Å². The van der Waals surface area contributed by atoms with Gasteiger partial charge in [-0.15, -0.1) is 0 Å². The second-order valence-corrected chi connectivity index (χ2v) is 9.09. The largest absolute Gasteiger partial charge is 0.496 e. The summed E-state index contributed by atoms with van der Waals surface area (Å²) in [4.78, 5) is 14.3. The lowest BCUT2D eigenvalue weighted by Gasteiger charge is -2.37. The van der Waals surface area contributed by atoms with Gasteiger partial charge in [-0.25, -0.2) is 0 Å². The predicted molar refractivity (Wildman–Crippen MR) is 119 cm³/mol. The topological polar surface area (TPSA) is 53.6 Å². The zero-order chi connectivity index (χ0) is 20.8. The fraction of sp³-hybridized carbons (Fsp3) is 0.480. The normalized spacial score (nSPS) is 29.9. The summed E-state index contributed by atoms with van der Waals surface area (Å²) >= 11 is 0. The van der Waals surface area contributed by atoms with E-state index in [-0.39, 0.29) is 17.9 Å². The third-order valence-corrected chi connectivity index (χ3v) is 7.12. The van der Waals surface area contributed by atoms with Crippen molar-refractivity contribution in [3.8, 4) is 5.75 Å². The lowest BCUT2D eigenvalue weighted by Crippen LogP contribution is -2.49. The Balaban J connectivity index is 1.38. The number of hydrogen-bond acceptors (Lipinski definition) is 4. The molecule has 1 unspecified atom stereocenters. The molecule has 0 aromatic heterocycles. The summed E-state index contributed by atoms with van der Waals surface area (Å²) in [6, 6.07) is 16.2. The molecule has 30 heavy (non-hydrogen) atoms. The fourth-order valence-electron chi connectivity index (χ4n) is 5.27. The van der Waals surface area contributed by atoms with Crippen LogP contribution in [-0.4, -0.2) is 32.1 Å². The number of fused-ring (bicyclic) bond motifs is 3. The van der Waals surface area contributed by atoms with Crippen LogP contribution in [-0.2, 0) is 11.3 Å². The molecule has 5 heteroatoms. The van der Waals surface area contributed by atoms with E-state index in [4.69, 9.17) is 4.74 Å². The highest BCUT2D eigenvalue weighted by atomic mass is 16.5. The Labute approximate surface area is 178 Å². The molecule has 2 aromatic rings. The van der Waals surface area contributed by atoms with Gasteiger partial charge in [0.05, 0.1) is 7.11 Å². The van der Waals surface area contributed by atoms with E-state index in [0.717, 1.165) is 42.8 Å². The third kappa shape index (κ3) is 3.40. The van der Waals surface area contributed by atoms with Crippen LogP contribution in [0.5, 0.6) is 5.75 Å². The summed E-state index contributed by atoms with van der Waals surface area (Å²) in [7, 11) is 3.64. The van der Waals surface area contributed by atoms with Crippen LogP contribution in [0.25, 0.3) is 0 Å². The average molecular weight is 406 g/mol. The van der Waals surface area contributed by atoms with E-state index in [1.807, 2.05) is 11.9 Å². The van der Waals surface area contributed by atoms with Gasteiger partial charge in [0.2, 0.25) is 5.91 Å². The van der Waals surface area contributed by atoms with Gasteiger partial charge in [-0.3, -0.25) is 4.79 Å². The van der Waals surface area contributed by atoms with Crippen molar-refractivity contribution in [3.63, 3.8) is 0 Å². The number of ether oxygens (including phenoxy) is 1. The summed E-state index contributed by atoms with van der Waals surface area (Å²) in [5, 5.41) is 7.57. The van der Waals surface area contributed by atoms with Crippen molar-refractivity contribution >= 4 is 11.6 Å². The van der Waals surface area contributed by atoms with Gasteiger partial charge in [0, 0.05) is 48.9 Å². The van der Waals surface area contributed by atoms with Crippen LogP contribution in [0.3, 0.4) is 0 Å². The molecule has 3 aliphatic rings. The van der Waals surface area contributed by atoms with E-state index in [1.165, 1.54) is 11.1 Å². The minimum atomic E-state index is 0.179. The molecular formula is C25H31N3O2. The Morgan fingerprint density at radius 2 is 1.97 bits per heavy atom. The van der Waals surface area contributed by atoms with Crippen molar-refractivity contribution in [2.45, 2.75) is 56.8 Å². The van der Waals surface area contributed by atoms with Crippen molar-refractivity contribution in [3.05, 3.63) is 59.2 Å². The number of amides is 1. The SMILES string of the molecule is COc1cc2c(cc1CN[C@@H]1CC[C@@H](C)N[C@@H]1c1ccccc1)N(C)C(=O)[C@H]1CC21. The molecule has 0 spiro atoms. The van der Waals surface area contributed by atoms with Crippen LogP contribution in [0.4, 0.5) is 5.69 Å². The van der Waals surface area contributed by atoms with E-state index in [1.54, 1.807) is 7.11 Å². The number of methoxy groups -OCH3 is 1. The van der Waals surface area contributed by atoms with Crippen LogP contribution in [0.15, 0.2) is 42.5 Å². The van der Waals surface area contributed by atoms with Gasteiger partial charge >= 0.3 is 0 Å². The van der Waals surface area contributed by atoms with Crippen molar-refractivity contribution in [2.75, 3.05) is 19.1 Å². The van der Waals surface area contributed by atoms with Gasteiger partial charge in [-0.05, 0) is 55.4 Å². The number of nitrogens with zero attached hydrogens (tertiary/aromatic N) is 1. The third-order valence-electron chi connectivity index (χ3n) is 7.12. The van der Waals surface area contributed by atoms with Gasteiger partial charge in [-0.2, -0.15) is 0 Å². The van der Waals surface area contributed by atoms with E-state index in [0.29, 0.717) is 18.0 Å². The number of anilines is 1. The second-order valence-electron chi connectivity index (χ2n) is 9.09. The van der Waals surface area contributed by atoms with Crippen molar-refractivity contribution in [1.82, 2.24) is 10.6 Å². The first-order chi connectivity index (χ1) is 14.6. The highest BCUT2D eigenvalue weighted by molar-refractivity contribution is 6.01. The fourth-order valence-corrected chi connectivity index (χ4v) is 5.27. The minimum Gasteiger partial charge on any atom is -0.496 e. The zero-order valence-corrected chi connectivity index (χ0v) is 18.0. The number of carbonyl (C=O) groups excluding carboxylic acids is 1. The maximum atomic E-state index is 12.5. The Kier molecular flexibility index (Phi) is 5.03. The number of carbonyl (C=O) groups is 1. The monoisotopic (exact) mass is 405 g/mol. The molecule has 5 nitrogen and oxygen atoms in total. The molecule has 2 aromatic carbocycles. The van der Waals surface area contributed by atoms with Crippen molar-refractivity contribution in [2.24, 2.45) is 5.92 Å². The number of nitrogens with one attached hydrogen (secondary N) is 2. The minimum absolute atomic E-state index is 0.179. The van der Waals surface area contributed by atoms with Crippen molar-refractivity contribution < 1.29 is 9.53 Å². The Bertz CT molecular complexity index is 945. The summed E-state index contributed by atoms with van der Waals surface area (Å²) in [6.07, 6.45) is 3.26. The molecule has 158 valence electrons. The molecule has 5 rings (SSSR count). The van der Waals surface area contributed by atoms with Crippen LogP contribution in [0, 0.1) is 5.92 Å². The van der Waals surface area contributed by atoms with E-state index >= 15 is 0 Å². The summed E-state index contributed by atoms with van der Waals surface area (Å²) in [6.45, 7) is 2.98. The van der Waals surface area contributed by atoms with Crippen LogP contribution < -0.4 is 20.3 Å². The molecule has 2 fully saturated rings. The molecule has 1 saturated carbocycles. The first-order valence-corrected chi connectivity index (χ1v) is 11.1. The number of benzene rings is 2. The molecule has 1 saturated heterocycles. The first kappa shape index (κ1) is 19.6. The number of piperidine rings is 1. The summed E-state index contributed by atoms with van der Waals surface area (Å²) in [5.41, 5.74) is 4.74. The second kappa shape index (κ2) is 7.71. The van der Waals surface area contributed by atoms with Crippen LogP contribution in [0.2, 0.25) is 0 Å². The molecule has 1 amide bonds.